The van der Waals surface area contributed by atoms with Crippen LogP contribution < -0.4 is 20.1 Å². The molecule has 0 saturated carbocycles. The van der Waals surface area contributed by atoms with Crippen molar-refractivity contribution < 1.29 is 17.9 Å². The molecule has 3 rings (SSSR count). The van der Waals surface area contributed by atoms with Gasteiger partial charge in [0.25, 0.3) is 10.0 Å². The highest BCUT2D eigenvalue weighted by Crippen LogP contribution is 2.20. The highest BCUT2D eigenvalue weighted by atomic mass is 32.2. The van der Waals surface area contributed by atoms with Gasteiger partial charge in [-0.25, -0.2) is 8.42 Å². The van der Waals surface area contributed by atoms with Gasteiger partial charge in [-0.3, -0.25) is 9.62 Å². The third-order valence-corrected chi connectivity index (χ3v) is 6.23. The number of thiocarbonyl (C=S) groups is 1. The SMILES string of the molecule is COc1ccc(NS(=O)(=O)c2ccc(NC(=S)NCCN3CCOCC3)cc2)cc1. The lowest BCUT2D eigenvalue weighted by Crippen LogP contribution is -2.42. The van der Waals surface area contributed by atoms with Crippen LogP contribution in [0.2, 0.25) is 0 Å². The third kappa shape index (κ3) is 6.56. The van der Waals surface area contributed by atoms with Crippen molar-refractivity contribution in [3.8, 4) is 5.75 Å². The average Bonchev–Trinajstić information content (AvgIpc) is 2.75. The Morgan fingerprint density at radius 2 is 1.70 bits per heavy atom. The van der Waals surface area contributed by atoms with Gasteiger partial charge in [0.05, 0.1) is 25.2 Å². The molecule has 0 aliphatic carbocycles. The molecule has 0 spiro atoms. The number of nitrogens with zero attached hydrogens (tertiary/aromatic N) is 1. The van der Waals surface area contributed by atoms with E-state index in [9.17, 15) is 8.42 Å². The molecule has 1 fully saturated rings. The number of morpholine rings is 1. The maximum atomic E-state index is 12.6. The van der Waals surface area contributed by atoms with Gasteiger partial charge in [-0.2, -0.15) is 0 Å². The standard InChI is InChI=1S/C20H26N4O4S2/c1-27-18-6-2-17(3-7-18)23-30(25,26)19-8-4-16(5-9-19)22-20(29)21-10-11-24-12-14-28-15-13-24/h2-9,23H,10-15H2,1H3,(H2,21,22,29). The highest BCUT2D eigenvalue weighted by molar-refractivity contribution is 7.92. The lowest BCUT2D eigenvalue weighted by Gasteiger charge is -2.26. The summed E-state index contributed by atoms with van der Waals surface area (Å²) in [6.45, 7) is 5.02. The van der Waals surface area contributed by atoms with Gasteiger partial charge < -0.3 is 20.1 Å². The molecule has 30 heavy (non-hydrogen) atoms. The summed E-state index contributed by atoms with van der Waals surface area (Å²) in [7, 11) is -2.13. The van der Waals surface area contributed by atoms with Crippen molar-refractivity contribution in [2.45, 2.75) is 4.90 Å². The van der Waals surface area contributed by atoms with Crippen molar-refractivity contribution in [1.82, 2.24) is 10.2 Å². The second kappa shape index (κ2) is 10.6. The van der Waals surface area contributed by atoms with Crippen LogP contribution in [-0.2, 0) is 14.8 Å². The van der Waals surface area contributed by atoms with Crippen molar-refractivity contribution in [2.75, 3.05) is 56.5 Å². The fourth-order valence-electron chi connectivity index (χ4n) is 2.92. The molecule has 1 aliphatic heterocycles. The van der Waals surface area contributed by atoms with Gasteiger partial charge in [0.2, 0.25) is 0 Å². The molecular weight excluding hydrogens is 424 g/mol. The Labute approximate surface area is 182 Å². The number of benzene rings is 2. The van der Waals surface area contributed by atoms with Crippen molar-refractivity contribution in [1.29, 1.82) is 0 Å². The molecule has 0 bridgehead atoms. The first-order valence-electron chi connectivity index (χ1n) is 9.58. The van der Waals surface area contributed by atoms with E-state index in [4.69, 9.17) is 21.7 Å². The number of rotatable bonds is 8. The quantitative estimate of drug-likeness (QED) is 0.527. The molecule has 0 atom stereocenters. The van der Waals surface area contributed by atoms with Gasteiger partial charge in [0, 0.05) is 37.6 Å². The fourth-order valence-corrected chi connectivity index (χ4v) is 4.20. The third-order valence-electron chi connectivity index (χ3n) is 4.58. The molecule has 0 radical (unpaired) electrons. The van der Waals surface area contributed by atoms with Crippen molar-refractivity contribution >= 4 is 38.7 Å². The Balaban J connectivity index is 1.49. The summed E-state index contributed by atoms with van der Waals surface area (Å²) in [5.74, 6) is 0.655. The summed E-state index contributed by atoms with van der Waals surface area (Å²) < 4.78 is 38.1. The first-order valence-corrected chi connectivity index (χ1v) is 11.5. The van der Waals surface area contributed by atoms with Gasteiger partial charge in [-0.05, 0) is 60.7 Å². The molecule has 1 heterocycles. The lowest BCUT2D eigenvalue weighted by molar-refractivity contribution is 0.0389. The molecule has 0 aromatic heterocycles. The molecule has 10 heteroatoms. The van der Waals surface area contributed by atoms with E-state index in [1.54, 1.807) is 43.5 Å². The first-order chi connectivity index (χ1) is 14.5. The predicted octanol–water partition coefficient (Wildman–Crippen LogP) is 2.11. The van der Waals surface area contributed by atoms with Crippen LogP contribution in [0.25, 0.3) is 0 Å². The fraction of sp³-hybridized carbons (Fsp3) is 0.350. The zero-order valence-electron chi connectivity index (χ0n) is 16.8. The van der Waals surface area contributed by atoms with E-state index >= 15 is 0 Å². The topological polar surface area (TPSA) is 91.9 Å². The van der Waals surface area contributed by atoms with Crippen LogP contribution in [0, 0.1) is 0 Å². The number of methoxy groups -OCH3 is 1. The zero-order valence-corrected chi connectivity index (χ0v) is 18.4. The Morgan fingerprint density at radius 3 is 2.33 bits per heavy atom. The van der Waals surface area contributed by atoms with Gasteiger partial charge in [-0.1, -0.05) is 0 Å². The summed E-state index contributed by atoms with van der Waals surface area (Å²) in [4.78, 5) is 2.48. The first kappa shape index (κ1) is 22.3. The van der Waals surface area contributed by atoms with E-state index in [2.05, 4.69) is 20.3 Å². The van der Waals surface area contributed by atoms with E-state index < -0.39 is 10.0 Å². The van der Waals surface area contributed by atoms with Gasteiger partial charge in [0.1, 0.15) is 5.75 Å². The number of ether oxygens (including phenoxy) is 2. The van der Waals surface area contributed by atoms with Crippen LogP contribution in [-0.4, -0.2) is 64.9 Å². The number of hydrogen-bond acceptors (Lipinski definition) is 6. The minimum atomic E-state index is -3.69. The maximum absolute atomic E-state index is 12.6. The van der Waals surface area contributed by atoms with E-state index in [0.29, 0.717) is 22.2 Å². The molecule has 1 saturated heterocycles. The Kier molecular flexibility index (Phi) is 7.86. The van der Waals surface area contributed by atoms with E-state index in [1.807, 2.05) is 0 Å². The molecule has 0 unspecified atom stereocenters. The van der Waals surface area contributed by atoms with Crippen molar-refractivity contribution in [2.24, 2.45) is 0 Å². The Hall–Kier alpha value is -2.40. The second-order valence-electron chi connectivity index (χ2n) is 6.69. The molecule has 2 aromatic carbocycles. The van der Waals surface area contributed by atoms with E-state index in [0.717, 1.165) is 39.4 Å². The number of hydrogen-bond donors (Lipinski definition) is 3. The van der Waals surface area contributed by atoms with Gasteiger partial charge >= 0.3 is 0 Å². The number of anilines is 2. The van der Waals surface area contributed by atoms with Crippen LogP contribution in [0.3, 0.4) is 0 Å². The minimum Gasteiger partial charge on any atom is -0.497 e. The summed E-state index contributed by atoms with van der Waals surface area (Å²) in [6.07, 6.45) is 0. The van der Waals surface area contributed by atoms with E-state index in [-0.39, 0.29) is 4.90 Å². The zero-order chi connectivity index (χ0) is 21.4. The molecule has 1 aliphatic rings. The molecular formula is C20H26N4O4S2. The summed E-state index contributed by atoms with van der Waals surface area (Å²) in [5.41, 5.74) is 1.17. The average molecular weight is 451 g/mol. The van der Waals surface area contributed by atoms with Gasteiger partial charge in [-0.15, -0.1) is 0 Å². The molecule has 8 nitrogen and oxygen atoms in total. The monoisotopic (exact) mass is 450 g/mol. The number of nitrogens with one attached hydrogen (secondary N) is 3. The highest BCUT2D eigenvalue weighted by Gasteiger charge is 2.14. The largest absolute Gasteiger partial charge is 0.497 e. The lowest BCUT2D eigenvalue weighted by atomic mass is 10.3. The summed E-state index contributed by atoms with van der Waals surface area (Å²) >= 11 is 5.31. The van der Waals surface area contributed by atoms with Crippen LogP contribution in [0.1, 0.15) is 0 Å². The van der Waals surface area contributed by atoms with Crippen LogP contribution in [0.15, 0.2) is 53.4 Å². The molecule has 3 N–H and O–H groups in total. The van der Waals surface area contributed by atoms with E-state index in [1.165, 1.54) is 12.1 Å². The van der Waals surface area contributed by atoms with Crippen molar-refractivity contribution in [3.63, 3.8) is 0 Å². The van der Waals surface area contributed by atoms with Crippen LogP contribution in [0.4, 0.5) is 11.4 Å². The van der Waals surface area contributed by atoms with Crippen LogP contribution >= 0.6 is 12.2 Å². The molecule has 0 amide bonds. The smallest absolute Gasteiger partial charge is 0.261 e. The number of sulfonamides is 1. The maximum Gasteiger partial charge on any atom is 0.261 e. The summed E-state index contributed by atoms with van der Waals surface area (Å²) in [5, 5.41) is 6.73. The molecule has 162 valence electrons. The Bertz CT molecular complexity index is 928. The van der Waals surface area contributed by atoms with Gasteiger partial charge in [0.15, 0.2) is 5.11 Å². The van der Waals surface area contributed by atoms with Crippen LogP contribution in [0.5, 0.6) is 5.75 Å². The predicted molar refractivity (Wildman–Crippen MR) is 122 cm³/mol. The molecule has 2 aromatic rings. The normalized spacial score (nSPS) is 14.7. The van der Waals surface area contributed by atoms with Crippen molar-refractivity contribution in [3.05, 3.63) is 48.5 Å². The summed E-state index contributed by atoms with van der Waals surface area (Å²) in [6, 6.07) is 13.1. The second-order valence-corrected chi connectivity index (χ2v) is 8.78. The minimum absolute atomic E-state index is 0.162. The Morgan fingerprint density at radius 1 is 1.07 bits per heavy atom.